The Morgan fingerprint density at radius 3 is 1.57 bits per heavy atom. The van der Waals surface area contributed by atoms with Gasteiger partial charge < -0.3 is 9.26 Å². The number of halogens is 1. The zero-order valence-electron chi connectivity index (χ0n) is 3.98. The van der Waals surface area contributed by atoms with E-state index in [4.69, 9.17) is 9.26 Å². The summed E-state index contributed by atoms with van der Waals surface area (Å²) in [5, 5.41) is 0. The molecule has 0 aromatic heterocycles. The van der Waals surface area contributed by atoms with Gasteiger partial charge in [-0.25, -0.2) is 0 Å². The van der Waals surface area contributed by atoms with Crippen molar-refractivity contribution in [2.24, 2.45) is 0 Å². The maximum Gasteiger partial charge on any atom is 3.00 e. The van der Waals surface area contributed by atoms with E-state index in [2.05, 4.69) is 0 Å². The smallest absolute Gasteiger partial charge is 0.560 e. The van der Waals surface area contributed by atoms with Crippen molar-refractivity contribution in [3.8, 4) is 0 Å². The van der Waals surface area contributed by atoms with Crippen LogP contribution in [0.3, 0.4) is 0 Å². The third-order valence-electron chi connectivity index (χ3n) is 0. The molecule has 24 valence electrons. The number of rotatable bonds is 0. The average Bonchev–Trinajstić information content (AvgIpc) is 0.811. The van der Waals surface area contributed by atoms with Crippen molar-refractivity contribution in [2.45, 2.75) is 0 Å². The van der Waals surface area contributed by atoms with Crippen LogP contribution in [0.1, 0.15) is 0 Å². The first-order valence-corrected chi connectivity index (χ1v) is 1.79. The third-order valence-corrected chi connectivity index (χ3v) is 0. The zero-order chi connectivity index (χ0) is 3.58. The second kappa shape index (κ2) is 15.8. The molecule has 0 aromatic carbocycles. The predicted molar refractivity (Wildman–Crippen MR) is 19.1 cm³/mol. The largest absolute Gasteiger partial charge is 3.00 e. The fourth-order valence-corrected chi connectivity index (χ4v) is 0. The Balaban J connectivity index is -0.0000000150. The van der Waals surface area contributed by atoms with E-state index >= 15 is 0 Å². The second-order valence-corrected chi connectivity index (χ2v) is 0.713. The molecule has 0 spiro atoms. The maximum atomic E-state index is 9.99. The van der Waals surface area contributed by atoms with E-state index in [1.807, 2.05) is 0 Å². The second-order valence-electron chi connectivity index (χ2n) is 0.238. The first-order valence-electron chi connectivity index (χ1n) is 0.597. The molecule has 0 rings (SSSR count). The van der Waals surface area contributed by atoms with E-state index in [-0.39, 0.29) is 84.7 Å². The van der Waals surface area contributed by atoms with Gasteiger partial charge in [0.25, 0.3) is 0 Å². The van der Waals surface area contributed by atoms with Gasteiger partial charge in [0.15, 0.2) is 0 Å². The van der Waals surface area contributed by atoms with Crippen molar-refractivity contribution in [3.63, 3.8) is 0 Å². The summed E-state index contributed by atoms with van der Waals surface area (Å²) in [6.45, 7) is 0. The Morgan fingerprint density at radius 1 is 1.57 bits per heavy atom. The molecule has 0 saturated heterocycles. The number of hydrogen-bond acceptors (Lipinski definition) is 2. The molecule has 0 heterocycles. The van der Waals surface area contributed by atoms with Crippen LogP contribution in [-0.4, -0.2) is 64.4 Å². The average molecular weight is 169 g/mol. The van der Waals surface area contributed by atoms with Crippen LogP contribution in [0.2, 0.25) is 0 Å². The molecular weight excluding hydrogens is 169 g/mol. The maximum absolute atomic E-state index is 9.99. The van der Waals surface area contributed by atoms with Crippen molar-refractivity contribution >= 4 is 64.4 Å². The molecule has 7 heavy (non-hydrogen) atoms. The van der Waals surface area contributed by atoms with Crippen LogP contribution in [0.15, 0.2) is 0 Å². The SMILES string of the molecule is O=[Si]([O-])F.[Al+3].[Ca+2].[Na+]. The molecular formula is AlCaFNaO2Si+5. The minimum atomic E-state index is -3.88. The van der Waals surface area contributed by atoms with Crippen molar-refractivity contribution in [1.82, 2.24) is 0 Å². The van der Waals surface area contributed by atoms with Crippen LogP contribution in [0.5, 0.6) is 0 Å². The fraction of sp³-hybridized carbons (Fsp3) is 0. The molecule has 0 N–H and O–H groups in total. The third kappa shape index (κ3) is 56.6. The van der Waals surface area contributed by atoms with Crippen LogP contribution in [0.25, 0.3) is 0 Å². The van der Waals surface area contributed by atoms with Gasteiger partial charge in [0.05, 0.1) is 0 Å². The van der Waals surface area contributed by atoms with Gasteiger partial charge >= 0.3 is 93.9 Å². The molecule has 2 nitrogen and oxygen atoms in total. The van der Waals surface area contributed by atoms with Gasteiger partial charge in [-0.3, -0.25) is 4.11 Å². The Bertz CT molecular complexity index is 40.7. The van der Waals surface area contributed by atoms with E-state index in [9.17, 15) is 4.11 Å². The van der Waals surface area contributed by atoms with Crippen molar-refractivity contribution in [3.05, 3.63) is 0 Å². The van der Waals surface area contributed by atoms with Gasteiger partial charge in [-0.1, -0.05) is 0 Å². The minimum absolute atomic E-state index is 0. The molecule has 0 bridgehead atoms. The summed E-state index contributed by atoms with van der Waals surface area (Å²) in [4.78, 5) is 8.41. The monoisotopic (exact) mass is 169 g/mol. The van der Waals surface area contributed by atoms with Crippen LogP contribution in [0.4, 0.5) is 4.11 Å². The minimum Gasteiger partial charge on any atom is -0.560 e. The molecule has 0 unspecified atom stereocenters. The molecule has 0 aliphatic carbocycles. The van der Waals surface area contributed by atoms with Gasteiger partial charge in [-0.15, -0.1) is 0 Å². The van der Waals surface area contributed by atoms with Crippen LogP contribution < -0.4 is 34.4 Å². The molecule has 0 radical (unpaired) electrons. The Kier molecular flexibility index (Phi) is 51.2. The summed E-state index contributed by atoms with van der Waals surface area (Å²) in [7, 11) is -3.88. The van der Waals surface area contributed by atoms with E-state index in [1.54, 1.807) is 0 Å². The van der Waals surface area contributed by atoms with Gasteiger partial charge in [0.1, 0.15) is 0 Å². The van der Waals surface area contributed by atoms with Crippen LogP contribution >= 0.6 is 0 Å². The van der Waals surface area contributed by atoms with Crippen molar-refractivity contribution in [2.75, 3.05) is 0 Å². The fourth-order valence-electron chi connectivity index (χ4n) is 0. The van der Waals surface area contributed by atoms with Gasteiger partial charge in [0, 0.05) is 0 Å². The van der Waals surface area contributed by atoms with E-state index in [0.29, 0.717) is 0 Å². The summed E-state index contributed by atoms with van der Waals surface area (Å²) < 4.78 is 18.4. The Morgan fingerprint density at radius 2 is 1.57 bits per heavy atom. The van der Waals surface area contributed by atoms with Crippen molar-refractivity contribution in [1.29, 1.82) is 0 Å². The Hall–Kier alpha value is 2.54. The van der Waals surface area contributed by atoms with Crippen molar-refractivity contribution < 1.29 is 42.9 Å². The van der Waals surface area contributed by atoms with Gasteiger partial charge in [-0.05, 0) is 0 Å². The molecule has 0 aromatic rings. The normalized spacial score (nSPS) is 3.57. The van der Waals surface area contributed by atoms with E-state index < -0.39 is 9.26 Å². The summed E-state index contributed by atoms with van der Waals surface area (Å²) in [6, 6.07) is 0. The molecule has 0 atom stereocenters. The quantitative estimate of drug-likeness (QED) is 0.269. The Labute approximate surface area is 105 Å². The molecule has 0 aliphatic rings. The van der Waals surface area contributed by atoms with Crippen LogP contribution in [0, 0.1) is 0 Å². The summed E-state index contributed by atoms with van der Waals surface area (Å²) >= 11 is 0. The standard InChI is InChI=1S/Al.Ca.FO2Si.Na/c;;1-4(2)3;/q+3;+2;-1;+1. The molecule has 0 amide bonds. The number of hydrogen-bond donors (Lipinski definition) is 0. The first kappa shape index (κ1) is 22.7. The van der Waals surface area contributed by atoms with Crippen LogP contribution in [-0.2, 0) is 4.46 Å². The summed E-state index contributed by atoms with van der Waals surface area (Å²) in [6.07, 6.45) is 0. The predicted octanol–water partition coefficient (Wildman–Crippen LogP) is -5.03. The molecule has 0 fully saturated rings. The molecule has 0 saturated carbocycles. The first-order chi connectivity index (χ1) is 1.73. The topological polar surface area (TPSA) is 40.1 Å². The summed E-state index contributed by atoms with van der Waals surface area (Å²) in [5.74, 6) is 0. The van der Waals surface area contributed by atoms with E-state index in [0.717, 1.165) is 0 Å². The van der Waals surface area contributed by atoms with Gasteiger partial charge in [0.2, 0.25) is 0 Å². The summed E-state index contributed by atoms with van der Waals surface area (Å²) in [5.41, 5.74) is 0. The molecule has 7 heteroatoms. The van der Waals surface area contributed by atoms with E-state index in [1.165, 1.54) is 0 Å². The molecule has 0 aliphatic heterocycles. The van der Waals surface area contributed by atoms with Gasteiger partial charge in [-0.2, -0.15) is 0 Å². The zero-order valence-corrected chi connectivity index (χ0v) is 10.3.